The van der Waals surface area contributed by atoms with Crippen LogP contribution in [0.1, 0.15) is 6.42 Å². The van der Waals surface area contributed by atoms with Crippen LogP contribution in [0.4, 0.5) is 10.5 Å². The minimum atomic E-state index is -0.491. The second kappa shape index (κ2) is 9.23. The molecular formula is C20H20N2O4S. The van der Waals surface area contributed by atoms with Crippen LogP contribution in [-0.2, 0) is 14.3 Å². The van der Waals surface area contributed by atoms with Crippen molar-refractivity contribution < 1.29 is 19.1 Å². The lowest BCUT2D eigenvalue weighted by Gasteiger charge is -2.13. The number of nitrogens with zero attached hydrogens (tertiary/aromatic N) is 1. The van der Waals surface area contributed by atoms with Crippen LogP contribution in [0.2, 0.25) is 0 Å². The fourth-order valence-electron chi connectivity index (χ4n) is 2.65. The van der Waals surface area contributed by atoms with Gasteiger partial charge in [0.2, 0.25) is 0 Å². The van der Waals surface area contributed by atoms with E-state index in [1.165, 1.54) is 11.8 Å². The second-order valence-corrected chi connectivity index (χ2v) is 7.05. The highest BCUT2D eigenvalue weighted by molar-refractivity contribution is 8.13. The summed E-state index contributed by atoms with van der Waals surface area (Å²) in [5.74, 6) is -0.141. The molecular weight excluding hydrogens is 364 g/mol. The van der Waals surface area contributed by atoms with Gasteiger partial charge < -0.3 is 15.0 Å². The molecule has 0 unspecified atom stereocenters. The highest BCUT2D eigenvalue weighted by atomic mass is 32.2. The maximum absolute atomic E-state index is 11.9. The number of amides is 2. The first kappa shape index (κ1) is 19.0. The number of carbonyl (C=O) groups excluding carboxylic acids is 3. The molecule has 6 nitrogen and oxygen atoms in total. The molecule has 1 aliphatic rings. The van der Waals surface area contributed by atoms with Gasteiger partial charge in [0.15, 0.2) is 6.61 Å². The SMILES string of the molecule is O=C(COC(=O)CCN1CCSC1=O)Nc1ccc(-c2ccccc2)cc1. The van der Waals surface area contributed by atoms with Crippen molar-refractivity contribution in [3.05, 3.63) is 54.6 Å². The van der Waals surface area contributed by atoms with Crippen LogP contribution in [0.15, 0.2) is 54.6 Å². The van der Waals surface area contributed by atoms with E-state index in [0.29, 0.717) is 18.8 Å². The quantitative estimate of drug-likeness (QED) is 0.741. The van der Waals surface area contributed by atoms with E-state index in [2.05, 4.69) is 5.32 Å². The van der Waals surface area contributed by atoms with Crippen molar-refractivity contribution in [1.29, 1.82) is 0 Å². The zero-order chi connectivity index (χ0) is 19.1. The van der Waals surface area contributed by atoms with Crippen molar-refractivity contribution in [2.75, 3.05) is 30.8 Å². The van der Waals surface area contributed by atoms with Crippen LogP contribution >= 0.6 is 11.8 Å². The number of ether oxygens (including phenoxy) is 1. The largest absolute Gasteiger partial charge is 0.456 e. The summed E-state index contributed by atoms with van der Waals surface area (Å²) < 4.78 is 4.97. The van der Waals surface area contributed by atoms with E-state index in [0.717, 1.165) is 16.9 Å². The Balaban J connectivity index is 1.41. The van der Waals surface area contributed by atoms with Gasteiger partial charge >= 0.3 is 5.97 Å². The number of hydrogen-bond donors (Lipinski definition) is 1. The van der Waals surface area contributed by atoms with Crippen molar-refractivity contribution in [1.82, 2.24) is 4.90 Å². The number of benzene rings is 2. The second-order valence-electron chi connectivity index (χ2n) is 6.00. The predicted molar refractivity (Wildman–Crippen MR) is 106 cm³/mol. The Morgan fingerprint density at radius 1 is 1.04 bits per heavy atom. The molecule has 0 aromatic heterocycles. The molecule has 2 aromatic carbocycles. The molecule has 0 bridgehead atoms. The number of esters is 1. The molecule has 27 heavy (non-hydrogen) atoms. The number of thioether (sulfide) groups is 1. The molecule has 0 aliphatic carbocycles. The van der Waals surface area contributed by atoms with Crippen molar-refractivity contribution in [2.24, 2.45) is 0 Å². The van der Waals surface area contributed by atoms with Gasteiger partial charge in [0.1, 0.15) is 0 Å². The molecule has 1 N–H and O–H groups in total. The lowest BCUT2D eigenvalue weighted by Crippen LogP contribution is -2.27. The van der Waals surface area contributed by atoms with Crippen molar-refractivity contribution in [2.45, 2.75) is 6.42 Å². The Morgan fingerprint density at radius 2 is 1.74 bits per heavy atom. The van der Waals surface area contributed by atoms with E-state index >= 15 is 0 Å². The van der Waals surface area contributed by atoms with Gasteiger partial charge in [0, 0.05) is 24.5 Å². The van der Waals surface area contributed by atoms with Crippen LogP contribution < -0.4 is 5.32 Å². The van der Waals surface area contributed by atoms with Crippen molar-refractivity contribution in [3.8, 4) is 11.1 Å². The number of anilines is 1. The summed E-state index contributed by atoms with van der Waals surface area (Å²) in [4.78, 5) is 36.7. The molecule has 0 atom stereocenters. The van der Waals surface area contributed by atoms with E-state index in [-0.39, 0.29) is 18.3 Å². The standard InChI is InChI=1S/C20H20N2O4S/c23-18(14-26-19(24)10-11-22-12-13-27-20(22)25)21-17-8-6-16(7-9-17)15-4-2-1-3-5-15/h1-9H,10-14H2,(H,21,23). The zero-order valence-electron chi connectivity index (χ0n) is 14.7. The van der Waals surface area contributed by atoms with Gasteiger partial charge in [-0.1, -0.05) is 54.2 Å². The average molecular weight is 384 g/mol. The molecule has 1 saturated heterocycles. The van der Waals surface area contributed by atoms with E-state index in [9.17, 15) is 14.4 Å². The highest BCUT2D eigenvalue weighted by Crippen LogP contribution is 2.21. The van der Waals surface area contributed by atoms with Gasteiger partial charge in [-0.05, 0) is 23.3 Å². The smallest absolute Gasteiger partial charge is 0.308 e. The summed E-state index contributed by atoms with van der Waals surface area (Å²) in [6.07, 6.45) is 0.0886. The number of carbonyl (C=O) groups is 3. The van der Waals surface area contributed by atoms with Gasteiger partial charge in [-0.25, -0.2) is 0 Å². The Bertz CT molecular complexity index is 808. The van der Waals surface area contributed by atoms with Crippen LogP contribution in [0, 0.1) is 0 Å². The molecule has 2 amide bonds. The van der Waals surface area contributed by atoms with E-state index in [4.69, 9.17) is 4.74 Å². The van der Waals surface area contributed by atoms with E-state index < -0.39 is 11.9 Å². The molecule has 7 heteroatoms. The molecule has 140 valence electrons. The number of rotatable bonds is 7. The Morgan fingerprint density at radius 3 is 2.41 bits per heavy atom. The third-order valence-corrected chi connectivity index (χ3v) is 4.96. The molecule has 0 spiro atoms. The summed E-state index contributed by atoms with van der Waals surface area (Å²) in [5.41, 5.74) is 2.78. The van der Waals surface area contributed by atoms with E-state index in [1.54, 1.807) is 17.0 Å². The summed E-state index contributed by atoms with van der Waals surface area (Å²) >= 11 is 1.25. The van der Waals surface area contributed by atoms with Crippen LogP contribution in [0.25, 0.3) is 11.1 Å². The number of nitrogens with one attached hydrogen (secondary N) is 1. The van der Waals surface area contributed by atoms with Gasteiger partial charge in [0.25, 0.3) is 11.1 Å². The molecule has 1 aliphatic heterocycles. The first-order valence-corrected chi connectivity index (χ1v) is 9.63. The fourth-order valence-corrected chi connectivity index (χ4v) is 3.50. The Kier molecular flexibility index (Phi) is 6.49. The predicted octanol–water partition coefficient (Wildman–Crippen LogP) is 3.39. The summed E-state index contributed by atoms with van der Waals surface area (Å²) in [6.45, 7) is 0.630. The third kappa shape index (κ3) is 5.59. The van der Waals surface area contributed by atoms with Gasteiger partial charge in [-0.15, -0.1) is 0 Å². The fraction of sp³-hybridized carbons (Fsp3) is 0.250. The molecule has 1 heterocycles. The molecule has 2 aromatic rings. The molecule has 3 rings (SSSR count). The molecule has 0 radical (unpaired) electrons. The summed E-state index contributed by atoms with van der Waals surface area (Å²) in [7, 11) is 0. The van der Waals surface area contributed by atoms with E-state index in [1.807, 2.05) is 42.5 Å². The minimum absolute atomic E-state index is 0.0144. The lowest BCUT2D eigenvalue weighted by molar-refractivity contribution is -0.147. The van der Waals surface area contributed by atoms with Crippen molar-refractivity contribution >= 4 is 34.6 Å². The normalized spacial score (nSPS) is 13.5. The summed E-state index contributed by atoms with van der Waals surface area (Å²) in [5, 5.41) is 2.68. The van der Waals surface area contributed by atoms with Crippen LogP contribution in [0.5, 0.6) is 0 Å². The Hall–Kier alpha value is -2.80. The Labute approximate surface area is 161 Å². The first-order valence-electron chi connectivity index (χ1n) is 8.64. The summed E-state index contributed by atoms with van der Waals surface area (Å²) in [6, 6.07) is 17.4. The van der Waals surface area contributed by atoms with Gasteiger partial charge in [-0.3, -0.25) is 14.4 Å². The van der Waals surface area contributed by atoms with Crippen molar-refractivity contribution in [3.63, 3.8) is 0 Å². The zero-order valence-corrected chi connectivity index (χ0v) is 15.5. The lowest BCUT2D eigenvalue weighted by atomic mass is 10.1. The highest BCUT2D eigenvalue weighted by Gasteiger charge is 2.21. The van der Waals surface area contributed by atoms with Crippen LogP contribution in [0.3, 0.4) is 0 Å². The molecule has 0 saturated carbocycles. The molecule has 1 fully saturated rings. The van der Waals surface area contributed by atoms with Gasteiger partial charge in [-0.2, -0.15) is 0 Å². The topological polar surface area (TPSA) is 75.7 Å². The maximum atomic E-state index is 11.9. The third-order valence-electron chi connectivity index (χ3n) is 4.07. The van der Waals surface area contributed by atoms with Crippen LogP contribution in [-0.4, -0.2) is 47.5 Å². The number of hydrogen-bond acceptors (Lipinski definition) is 5. The first-order chi connectivity index (χ1) is 13.1. The average Bonchev–Trinajstić information content (AvgIpc) is 3.11. The van der Waals surface area contributed by atoms with Gasteiger partial charge in [0.05, 0.1) is 6.42 Å². The monoisotopic (exact) mass is 384 g/mol. The minimum Gasteiger partial charge on any atom is -0.456 e. The maximum Gasteiger partial charge on any atom is 0.308 e.